The summed E-state index contributed by atoms with van der Waals surface area (Å²) in [6.45, 7) is 8.95. The Morgan fingerprint density at radius 1 is 1.19 bits per heavy atom. The third kappa shape index (κ3) is 5.16. The lowest BCUT2D eigenvalue weighted by molar-refractivity contribution is -0.142. The van der Waals surface area contributed by atoms with E-state index in [9.17, 15) is 4.79 Å². The van der Waals surface area contributed by atoms with Crippen LogP contribution in [0, 0.1) is 0 Å². The molecule has 3 nitrogen and oxygen atoms in total. The van der Waals surface area contributed by atoms with Crippen molar-refractivity contribution in [1.82, 2.24) is 4.90 Å². The molecule has 21 heavy (non-hydrogen) atoms. The lowest BCUT2D eigenvalue weighted by Crippen LogP contribution is -2.37. The van der Waals surface area contributed by atoms with Crippen molar-refractivity contribution >= 4 is 5.91 Å². The van der Waals surface area contributed by atoms with Gasteiger partial charge in [0, 0.05) is 12.6 Å². The predicted octanol–water partition coefficient (Wildman–Crippen LogP) is 3.56. The lowest BCUT2D eigenvalue weighted by atomic mass is 10.1. The second kappa shape index (κ2) is 6.61. The number of carbonyl (C=O) groups excluding carboxylic acids is 1. The quantitative estimate of drug-likeness (QED) is 0.801. The van der Waals surface area contributed by atoms with Crippen LogP contribution in [0.1, 0.15) is 51.7 Å². The van der Waals surface area contributed by atoms with E-state index in [1.165, 1.54) is 11.1 Å². The minimum Gasteiger partial charge on any atom is -0.366 e. The van der Waals surface area contributed by atoms with Gasteiger partial charge in [-0.25, -0.2) is 0 Å². The van der Waals surface area contributed by atoms with Gasteiger partial charge in [-0.1, -0.05) is 31.2 Å². The summed E-state index contributed by atoms with van der Waals surface area (Å²) in [4.78, 5) is 14.4. The minimum absolute atomic E-state index is 0.104. The van der Waals surface area contributed by atoms with Gasteiger partial charge in [0.05, 0.1) is 5.60 Å². The molecular formula is C18H27NO2. The number of aryl methyl sites for hydroxylation is 1. The molecule has 1 fully saturated rings. The zero-order valence-electron chi connectivity index (χ0n) is 13.7. The molecule has 0 atom stereocenters. The molecule has 1 aliphatic carbocycles. The van der Waals surface area contributed by atoms with Gasteiger partial charge in [-0.05, 0) is 51.2 Å². The summed E-state index contributed by atoms with van der Waals surface area (Å²) in [6.07, 6.45) is 3.29. The number of benzene rings is 1. The topological polar surface area (TPSA) is 29.5 Å². The number of amides is 1. The summed E-state index contributed by atoms with van der Waals surface area (Å²) in [5.74, 6) is 0.104. The molecule has 1 aromatic rings. The Bertz CT molecular complexity index is 469. The fourth-order valence-corrected chi connectivity index (χ4v) is 2.25. The molecule has 0 bridgehead atoms. The molecular weight excluding hydrogens is 262 g/mol. The SMILES string of the molecule is CCc1ccc(CN(C(=O)COC(C)(C)C)C2CC2)cc1. The van der Waals surface area contributed by atoms with E-state index in [1.54, 1.807) is 0 Å². The van der Waals surface area contributed by atoms with Crippen LogP contribution in [0.4, 0.5) is 0 Å². The molecule has 0 N–H and O–H groups in total. The third-order valence-corrected chi connectivity index (χ3v) is 3.72. The minimum atomic E-state index is -0.270. The van der Waals surface area contributed by atoms with Gasteiger partial charge in [-0.15, -0.1) is 0 Å². The molecule has 0 radical (unpaired) electrons. The van der Waals surface area contributed by atoms with E-state index in [0.717, 1.165) is 19.3 Å². The van der Waals surface area contributed by atoms with Gasteiger partial charge < -0.3 is 9.64 Å². The van der Waals surface area contributed by atoms with E-state index < -0.39 is 0 Å². The van der Waals surface area contributed by atoms with Crippen molar-refractivity contribution in [1.29, 1.82) is 0 Å². The molecule has 1 amide bonds. The highest BCUT2D eigenvalue weighted by Crippen LogP contribution is 2.28. The van der Waals surface area contributed by atoms with Crippen LogP contribution in [0.25, 0.3) is 0 Å². The highest BCUT2D eigenvalue weighted by atomic mass is 16.5. The second-order valence-corrected chi connectivity index (χ2v) is 6.82. The van der Waals surface area contributed by atoms with Crippen molar-refractivity contribution in [3.8, 4) is 0 Å². The molecule has 0 heterocycles. The van der Waals surface area contributed by atoms with E-state index in [0.29, 0.717) is 12.6 Å². The Kier molecular flexibility index (Phi) is 5.04. The number of ether oxygens (including phenoxy) is 1. The normalized spacial score (nSPS) is 15.0. The number of hydrogen-bond donors (Lipinski definition) is 0. The maximum atomic E-state index is 12.4. The van der Waals surface area contributed by atoms with E-state index >= 15 is 0 Å². The second-order valence-electron chi connectivity index (χ2n) is 6.82. The smallest absolute Gasteiger partial charge is 0.249 e. The summed E-state index contributed by atoms with van der Waals surface area (Å²) in [7, 11) is 0. The van der Waals surface area contributed by atoms with E-state index in [-0.39, 0.29) is 18.1 Å². The van der Waals surface area contributed by atoms with Crippen molar-refractivity contribution in [2.45, 2.75) is 65.1 Å². The summed E-state index contributed by atoms with van der Waals surface area (Å²) in [5.41, 5.74) is 2.26. The Balaban J connectivity index is 1.96. The number of hydrogen-bond acceptors (Lipinski definition) is 2. The molecule has 1 saturated carbocycles. The molecule has 1 aromatic carbocycles. The summed E-state index contributed by atoms with van der Waals surface area (Å²) in [5, 5.41) is 0. The standard InChI is InChI=1S/C18H27NO2/c1-5-14-6-8-15(9-7-14)12-19(16-10-11-16)17(20)13-21-18(2,3)4/h6-9,16H,5,10-13H2,1-4H3. The van der Waals surface area contributed by atoms with Gasteiger partial charge in [-0.2, -0.15) is 0 Å². The zero-order chi connectivity index (χ0) is 15.5. The zero-order valence-corrected chi connectivity index (χ0v) is 13.7. The number of nitrogens with zero attached hydrogens (tertiary/aromatic N) is 1. The highest BCUT2D eigenvalue weighted by Gasteiger charge is 2.32. The van der Waals surface area contributed by atoms with Crippen molar-refractivity contribution in [3.63, 3.8) is 0 Å². The van der Waals surface area contributed by atoms with Gasteiger partial charge in [0.25, 0.3) is 0 Å². The molecule has 3 heteroatoms. The van der Waals surface area contributed by atoms with Crippen LogP contribution >= 0.6 is 0 Å². The van der Waals surface area contributed by atoms with Crippen molar-refractivity contribution in [2.75, 3.05) is 6.61 Å². The van der Waals surface area contributed by atoms with Crippen LogP contribution in [0.15, 0.2) is 24.3 Å². The molecule has 2 rings (SSSR count). The van der Waals surface area contributed by atoms with Crippen LogP contribution in [0.2, 0.25) is 0 Å². The predicted molar refractivity (Wildman–Crippen MR) is 85.1 cm³/mol. The van der Waals surface area contributed by atoms with Gasteiger partial charge in [0.15, 0.2) is 0 Å². The summed E-state index contributed by atoms with van der Waals surface area (Å²) >= 11 is 0. The Hall–Kier alpha value is -1.35. The van der Waals surface area contributed by atoms with Gasteiger partial charge >= 0.3 is 0 Å². The van der Waals surface area contributed by atoms with Crippen molar-refractivity contribution < 1.29 is 9.53 Å². The lowest BCUT2D eigenvalue weighted by Gasteiger charge is -2.25. The maximum absolute atomic E-state index is 12.4. The molecule has 116 valence electrons. The van der Waals surface area contributed by atoms with Crippen LogP contribution in [0.3, 0.4) is 0 Å². The van der Waals surface area contributed by atoms with Gasteiger partial charge in [0.2, 0.25) is 5.91 Å². The first-order valence-electron chi connectivity index (χ1n) is 7.90. The Labute approximate surface area is 128 Å². The fraction of sp³-hybridized carbons (Fsp3) is 0.611. The van der Waals surface area contributed by atoms with Crippen LogP contribution < -0.4 is 0 Å². The first kappa shape index (κ1) is 16.0. The van der Waals surface area contributed by atoms with E-state index in [2.05, 4.69) is 31.2 Å². The van der Waals surface area contributed by atoms with Crippen molar-refractivity contribution in [3.05, 3.63) is 35.4 Å². The molecule has 0 spiro atoms. The molecule has 0 aromatic heterocycles. The average molecular weight is 289 g/mol. The van der Waals surface area contributed by atoms with Crippen LogP contribution in [0.5, 0.6) is 0 Å². The average Bonchev–Trinajstić information content (AvgIpc) is 3.26. The van der Waals surface area contributed by atoms with E-state index in [4.69, 9.17) is 4.74 Å². The first-order chi connectivity index (χ1) is 9.89. The molecule has 0 aliphatic heterocycles. The van der Waals surface area contributed by atoms with Crippen LogP contribution in [-0.2, 0) is 22.5 Å². The number of carbonyl (C=O) groups is 1. The molecule has 0 unspecified atom stereocenters. The van der Waals surface area contributed by atoms with Gasteiger partial charge in [-0.3, -0.25) is 4.79 Å². The fourth-order valence-electron chi connectivity index (χ4n) is 2.25. The van der Waals surface area contributed by atoms with Gasteiger partial charge in [0.1, 0.15) is 6.61 Å². The van der Waals surface area contributed by atoms with E-state index in [1.807, 2.05) is 25.7 Å². The monoisotopic (exact) mass is 289 g/mol. The Morgan fingerprint density at radius 2 is 1.76 bits per heavy atom. The number of rotatable bonds is 6. The summed E-state index contributed by atoms with van der Waals surface area (Å²) in [6, 6.07) is 8.97. The maximum Gasteiger partial charge on any atom is 0.249 e. The summed E-state index contributed by atoms with van der Waals surface area (Å²) < 4.78 is 5.63. The third-order valence-electron chi connectivity index (χ3n) is 3.72. The largest absolute Gasteiger partial charge is 0.366 e. The molecule has 1 aliphatic rings. The van der Waals surface area contributed by atoms with Crippen LogP contribution in [-0.4, -0.2) is 29.1 Å². The van der Waals surface area contributed by atoms with Crippen molar-refractivity contribution in [2.24, 2.45) is 0 Å². The Morgan fingerprint density at radius 3 is 2.24 bits per heavy atom. The highest BCUT2D eigenvalue weighted by molar-refractivity contribution is 5.78. The molecule has 0 saturated heterocycles. The first-order valence-corrected chi connectivity index (χ1v) is 7.90.